The minimum absolute atomic E-state index is 0. The summed E-state index contributed by atoms with van der Waals surface area (Å²) in [5.41, 5.74) is 0. The molecule has 14 heteroatoms. The van der Waals surface area contributed by atoms with Crippen LogP contribution in [0.25, 0.3) is 0 Å². The van der Waals surface area contributed by atoms with Gasteiger partial charge >= 0.3 is 62.0 Å². The van der Waals surface area contributed by atoms with Gasteiger partial charge in [-0.2, -0.15) is 5.26 Å². The van der Waals surface area contributed by atoms with Crippen LogP contribution in [0.3, 0.4) is 0 Å². The van der Waals surface area contributed by atoms with Crippen molar-refractivity contribution in [3.8, 4) is 5.81 Å². The van der Waals surface area contributed by atoms with Crippen molar-refractivity contribution in [1.29, 1.82) is 5.26 Å². The maximum absolute atomic E-state index is 10.4. The van der Waals surface area contributed by atoms with E-state index in [-0.39, 0.29) is 55.0 Å². The zero-order chi connectivity index (χ0) is 15.0. The van der Waals surface area contributed by atoms with Gasteiger partial charge in [-0.15, -0.1) is 0 Å². The summed E-state index contributed by atoms with van der Waals surface area (Å²) in [5.74, 6) is -0.544. The molecule has 0 unspecified atom stereocenters. The van der Waals surface area contributed by atoms with Crippen LogP contribution in [0.15, 0.2) is 0 Å². The van der Waals surface area contributed by atoms with Crippen molar-refractivity contribution in [1.82, 2.24) is 4.90 Å². The maximum Gasteiger partial charge on any atom is 1.00 e. The van der Waals surface area contributed by atoms with Crippen LogP contribution in [0, 0.1) is 11.1 Å². The molecule has 0 spiro atoms. The van der Waals surface area contributed by atoms with Crippen LogP contribution in [-0.2, 0) is 13.9 Å². The van der Waals surface area contributed by atoms with Crippen LogP contribution in [0.4, 0.5) is 0 Å². The Hall–Kier alpha value is 0.817. The number of hydrogen-bond donors (Lipinski definition) is 3. The predicted molar refractivity (Wildman–Crippen MR) is 55.0 cm³/mol. The van der Waals surface area contributed by atoms with Gasteiger partial charge in [-0.25, -0.2) is 0 Å². The van der Waals surface area contributed by atoms with E-state index in [0.717, 1.165) is 0 Å². The number of hydrogen-bond acceptors (Lipinski definition) is 7. The summed E-state index contributed by atoms with van der Waals surface area (Å²) in [7, 11) is -8.97. The third-order valence-corrected chi connectivity index (χ3v) is 2.33. The van der Waals surface area contributed by atoms with E-state index < -0.39 is 27.4 Å². The van der Waals surface area contributed by atoms with Gasteiger partial charge in [-0.3, -0.25) is 14.3 Å². The van der Waals surface area contributed by atoms with Gasteiger partial charge in [0.15, 0.2) is 0 Å². The van der Waals surface area contributed by atoms with Gasteiger partial charge in [0.1, 0.15) is 6.29 Å². The number of nitrogens with zero attached hydrogens (tertiary/aromatic N) is 2. The first-order valence-electron chi connectivity index (χ1n) is 4.33. The van der Waals surface area contributed by atoms with Gasteiger partial charge in [0.05, 0.1) is 12.4 Å². The fourth-order valence-electron chi connectivity index (χ4n) is 0.714. The van der Waals surface area contributed by atoms with E-state index in [2.05, 4.69) is 0 Å². The largest absolute Gasteiger partial charge is 1.00 e. The summed E-state index contributed by atoms with van der Waals surface area (Å²) in [5, 5.41) is 15.6. The minimum atomic E-state index is -4.84. The van der Waals surface area contributed by atoms with Crippen molar-refractivity contribution in [2.24, 2.45) is 0 Å². The van der Waals surface area contributed by atoms with Gasteiger partial charge in [0, 0.05) is 7.60 Å². The van der Waals surface area contributed by atoms with Gasteiger partial charge in [0.25, 0.3) is 0 Å². The zero-order valence-electron chi connectivity index (χ0n) is 11.3. The summed E-state index contributed by atoms with van der Waals surface area (Å²) >= 11 is 0. The molecule has 106 valence electrons. The normalized spacial score (nSPS) is 10.2. The topological polar surface area (TPSA) is 185 Å². The molecule has 0 aliphatic carbocycles. The number of aliphatic carboxylic acids is 1. The van der Waals surface area contributed by atoms with E-state index >= 15 is 0 Å². The zero-order valence-corrected chi connectivity index (χ0v) is 15.1. The second-order valence-corrected chi connectivity index (χ2v) is 5.75. The molecule has 10 nitrogen and oxygen atoms in total. The summed E-state index contributed by atoms with van der Waals surface area (Å²) in [6.45, 7) is 1.59. The Labute approximate surface area is 149 Å². The Balaban J connectivity index is -0.000000139. The van der Waals surface area contributed by atoms with Crippen molar-refractivity contribution < 1.29 is 87.0 Å². The fourth-order valence-corrected chi connectivity index (χ4v) is 1.53. The molecule has 0 rings (SSSR count). The molecule has 0 aliphatic heterocycles. The van der Waals surface area contributed by atoms with Crippen molar-refractivity contribution in [3.05, 3.63) is 0 Å². The molecule has 20 heavy (non-hydrogen) atoms. The third-order valence-electron chi connectivity index (χ3n) is 1.31. The van der Waals surface area contributed by atoms with Crippen LogP contribution in [0.5, 0.6) is 0 Å². The van der Waals surface area contributed by atoms with Crippen LogP contribution in [-0.4, -0.2) is 45.1 Å². The van der Waals surface area contributed by atoms with E-state index in [1.807, 2.05) is 0 Å². The smallest absolute Gasteiger partial charge is 0.800 e. The molecule has 3 N–H and O–H groups in total. The number of carbonyl (C=O) groups is 1. The number of likely N-dealkylation sites (N-methyl/N-ethyl adjacent to an activating group) is 1. The Morgan fingerprint density at radius 3 is 1.85 bits per heavy atom. The monoisotopic (exact) mass is 332 g/mol. The van der Waals surface area contributed by atoms with Crippen LogP contribution in [0.2, 0.25) is 0 Å². The van der Waals surface area contributed by atoms with Crippen molar-refractivity contribution >= 4 is 21.2 Å². The van der Waals surface area contributed by atoms with Crippen LogP contribution >= 0.6 is 15.2 Å². The van der Waals surface area contributed by atoms with Gasteiger partial charge in [0.2, 0.25) is 0 Å². The molecule has 0 aromatic heterocycles. The SMILES string of the molecule is CCN(CC(=O)O)CP(=O)(O)O.N#CP(=O)([O-])[O-].[Li+].[Na+]. The molecule has 0 saturated carbocycles. The first kappa shape index (κ1) is 28.9. The van der Waals surface area contributed by atoms with E-state index in [4.69, 9.17) is 34.5 Å². The molecule has 0 heterocycles. The molecule has 0 radical (unpaired) electrons. The first-order valence-corrected chi connectivity index (χ1v) is 7.67. The number of carboxylic acid groups (broad SMARTS) is 1. The number of carboxylic acids is 1. The third kappa shape index (κ3) is 27.2. The Morgan fingerprint density at radius 2 is 1.70 bits per heavy atom. The van der Waals surface area contributed by atoms with Crippen molar-refractivity contribution in [3.63, 3.8) is 0 Å². The predicted octanol–water partition coefficient (Wildman–Crippen LogP) is -8.08. The van der Waals surface area contributed by atoms with Gasteiger partial charge in [-0.05, 0) is 6.54 Å². The summed E-state index contributed by atoms with van der Waals surface area (Å²) in [6.07, 6.45) is -0.504. The first-order chi connectivity index (χ1) is 7.91. The van der Waals surface area contributed by atoms with Gasteiger partial charge in [-0.1, -0.05) is 6.92 Å². The maximum atomic E-state index is 10.4. The quantitative estimate of drug-likeness (QED) is 0.322. The summed E-state index contributed by atoms with van der Waals surface area (Å²) in [4.78, 5) is 46.6. The Morgan fingerprint density at radius 1 is 1.35 bits per heavy atom. The van der Waals surface area contributed by atoms with E-state index in [1.54, 1.807) is 6.92 Å². The molecule has 0 fully saturated rings. The van der Waals surface area contributed by atoms with E-state index in [1.165, 1.54) is 4.90 Å². The average molecular weight is 332 g/mol. The molecule has 0 aromatic rings. The second-order valence-electron chi connectivity index (χ2n) is 2.94. The summed E-state index contributed by atoms with van der Waals surface area (Å²) in [6, 6.07) is 0. The van der Waals surface area contributed by atoms with Crippen molar-refractivity contribution in [2.75, 3.05) is 19.4 Å². The second kappa shape index (κ2) is 13.5. The van der Waals surface area contributed by atoms with Crippen molar-refractivity contribution in [2.45, 2.75) is 6.92 Å². The van der Waals surface area contributed by atoms with E-state index in [0.29, 0.717) is 12.4 Å². The minimum Gasteiger partial charge on any atom is -0.800 e. The molecule has 0 aliphatic rings. The van der Waals surface area contributed by atoms with Gasteiger partial charge < -0.3 is 29.2 Å². The Bertz CT molecular complexity index is 404. The molecule has 0 saturated heterocycles. The Kier molecular flexibility index (Phi) is 19.5. The van der Waals surface area contributed by atoms with Crippen LogP contribution < -0.4 is 58.2 Å². The molecule has 0 aromatic carbocycles. The molecule has 0 atom stereocenters. The molecular formula is C6H12LiN2NaO8P2. The van der Waals surface area contributed by atoms with E-state index in [9.17, 15) is 9.36 Å². The molecule has 0 amide bonds. The average Bonchev–Trinajstić information content (AvgIpc) is 2.13. The number of nitriles is 1. The van der Waals surface area contributed by atoms with Crippen LogP contribution in [0.1, 0.15) is 6.92 Å². The summed E-state index contributed by atoms with van der Waals surface area (Å²) < 4.78 is 19.6. The molecular weight excluding hydrogens is 320 g/mol. The molecule has 0 bridgehead atoms. The number of rotatable bonds is 5. The standard InChI is InChI=1S/C5H12NO5P.CH2NO3P.Li.Na/c1-2-6(3-5(7)8)4-12(9,10)11;2-1-6(3,4)5;;/h2-4H2,1H3,(H,7,8)(H2,9,10,11);(H2,3,4,5);;/q;;2*+1/p-2. The fraction of sp³-hybridized carbons (Fsp3) is 0.667.